The molecule has 1 saturated carbocycles. The summed E-state index contributed by atoms with van der Waals surface area (Å²) in [5.74, 6) is 6.45. The molecule has 0 amide bonds. The van der Waals surface area contributed by atoms with Crippen LogP contribution in [0.2, 0.25) is 0 Å². The van der Waals surface area contributed by atoms with E-state index < -0.39 is 0 Å². The van der Waals surface area contributed by atoms with E-state index in [2.05, 4.69) is 242 Å². The van der Waals surface area contributed by atoms with Crippen molar-refractivity contribution in [2.24, 2.45) is 57.7 Å². The third kappa shape index (κ3) is 264. The van der Waals surface area contributed by atoms with Gasteiger partial charge in [0.15, 0.2) is 0 Å². The molecule has 1 aliphatic rings. The fourth-order valence-electron chi connectivity index (χ4n) is 3.31. The van der Waals surface area contributed by atoms with E-state index in [0.717, 1.165) is 41.4 Å². The van der Waals surface area contributed by atoms with Gasteiger partial charge in [-0.2, -0.15) is 0 Å². The molecule has 0 heterocycles. The molecule has 0 aromatic rings. The molecule has 0 unspecified atom stereocenters. The van der Waals surface area contributed by atoms with Crippen LogP contribution in [-0.4, -0.2) is 0 Å². The first kappa shape index (κ1) is 96.5. The molecule has 0 aromatic carbocycles. The minimum Gasteiger partial charge on any atom is -0.0683 e. The largest absolute Gasteiger partial charge is 0.0683 e. The van der Waals surface area contributed by atoms with E-state index in [1.165, 1.54) is 128 Å². The average molecular weight is 964 g/mol. The van der Waals surface area contributed by atoms with Crippen molar-refractivity contribution in [3.63, 3.8) is 0 Å². The molecule has 0 radical (unpaired) electrons. The van der Waals surface area contributed by atoms with Crippen molar-refractivity contribution in [1.29, 1.82) is 0 Å². The van der Waals surface area contributed by atoms with E-state index in [-0.39, 0.29) is 0 Å². The maximum Gasteiger partial charge on any atom is -0.0385 e. The highest BCUT2D eigenvalue weighted by Crippen LogP contribution is 2.23. The van der Waals surface area contributed by atoms with Crippen LogP contribution in [0.3, 0.4) is 0 Å². The molecule has 0 saturated heterocycles. The number of unbranched alkanes of at least 4 members (excludes halogenated alkanes) is 2. The maximum atomic E-state index is 2.34. The summed E-state index contributed by atoms with van der Waals surface area (Å²) in [6.07, 6.45) is 27.3. The summed E-state index contributed by atoms with van der Waals surface area (Å²) in [6.45, 7) is 81.8. The van der Waals surface area contributed by atoms with Crippen LogP contribution in [-0.2, 0) is 0 Å². The molecule has 0 N–H and O–H groups in total. The van der Waals surface area contributed by atoms with Gasteiger partial charge in [-0.3, -0.25) is 0 Å². The zero-order valence-electron chi connectivity index (χ0n) is 56.7. The van der Waals surface area contributed by atoms with Crippen molar-refractivity contribution < 1.29 is 0 Å². The van der Waals surface area contributed by atoms with Gasteiger partial charge in [0.25, 0.3) is 0 Å². The fourth-order valence-corrected chi connectivity index (χ4v) is 3.31. The van der Waals surface area contributed by atoms with Crippen molar-refractivity contribution >= 4 is 0 Å². The number of hydrogen-bond acceptors (Lipinski definition) is 0. The zero-order valence-corrected chi connectivity index (χ0v) is 56.7. The Kier molecular flexibility index (Phi) is 115. The standard InChI is InChI=1S/2C7H16.C6H12.4C6H14.2C5H12.2C4H10.C3H8.C2H6/c1-4-5-6-7(2)3;1-4-6-7(3)5-2;1-6-4-2-3-5-6;2*1-5-6(2,3)4;1-4-5-6(2)3;1-4-6(3)5-2;1-5(2,3)4;1-4-5(2)3;1-4(2)3;1-3-4-2;1-3-2;1-2/h2*7H,4-6H2,1-3H3;6H,2-5H2,1H3;2*5H2,1-4H3;2*6H,4-5H2,1-3H3;1-4H3;5H,4H2,1-3H3;4H,1-3H3;3-4H2,1-2H3;3H2,1-2H3;1-2H3/t;7-;;;;;;;;;;;/m.1.........../s1. The van der Waals surface area contributed by atoms with E-state index >= 15 is 0 Å². The minimum atomic E-state index is 0.500. The van der Waals surface area contributed by atoms with Crippen molar-refractivity contribution in [3.8, 4) is 0 Å². The summed E-state index contributed by atoms with van der Waals surface area (Å²) < 4.78 is 0. The molecule has 0 heteroatoms. The Bertz CT molecular complexity index is 623. The SMILES string of the molecule is CC.CC(C)(C)C.CC(C)C.CC1CCCC1.CCC.CCC(C)(C)C.CCC(C)(C)C.CCC(C)C.CCC(C)CC.CCCC.CCCC(C)C.CCCCC(C)C.CCC[C@H](C)CC. The summed E-state index contributed by atoms with van der Waals surface area (Å²) in [6, 6.07) is 0. The molecule has 1 aliphatic carbocycles. The summed E-state index contributed by atoms with van der Waals surface area (Å²) in [5, 5.41) is 0. The van der Waals surface area contributed by atoms with Gasteiger partial charge < -0.3 is 0 Å². The van der Waals surface area contributed by atoms with Crippen LogP contribution in [0.15, 0.2) is 0 Å². The van der Waals surface area contributed by atoms with Gasteiger partial charge in [-0.25, -0.2) is 0 Å². The Balaban J connectivity index is -0.0000000493. The molecule has 426 valence electrons. The minimum absolute atomic E-state index is 0.500. The van der Waals surface area contributed by atoms with Crippen LogP contribution in [0.1, 0.15) is 385 Å². The second-order valence-corrected chi connectivity index (χ2v) is 25.4. The molecular weight excluding hydrogens is 805 g/mol. The summed E-state index contributed by atoms with van der Waals surface area (Å²) >= 11 is 0. The topological polar surface area (TPSA) is 0 Å². The van der Waals surface area contributed by atoms with Gasteiger partial charge in [0.2, 0.25) is 0 Å². The first-order valence-electron chi connectivity index (χ1n) is 30.5. The molecule has 0 bridgehead atoms. The molecule has 0 spiro atoms. The van der Waals surface area contributed by atoms with Gasteiger partial charge in [0, 0.05) is 0 Å². The monoisotopic (exact) mass is 963 g/mol. The molecule has 1 fully saturated rings. The van der Waals surface area contributed by atoms with Gasteiger partial charge in [-0.05, 0) is 57.7 Å². The first-order valence-corrected chi connectivity index (χ1v) is 30.5. The van der Waals surface area contributed by atoms with Crippen LogP contribution in [0, 0.1) is 57.7 Å². The molecule has 1 atom stereocenters. The quantitative estimate of drug-likeness (QED) is 0.183. The predicted molar refractivity (Wildman–Crippen MR) is 334 cm³/mol. The Hall–Kier alpha value is 0. The average Bonchev–Trinajstić information content (AvgIpc) is 3.71. The normalized spacial score (nSPS) is 11.7. The van der Waals surface area contributed by atoms with Crippen LogP contribution in [0.5, 0.6) is 0 Å². The third-order valence-corrected chi connectivity index (χ3v) is 9.95. The lowest BCUT2D eigenvalue weighted by molar-refractivity contribution is 0.397. The first-order chi connectivity index (χ1) is 30.5. The van der Waals surface area contributed by atoms with Crippen LogP contribution >= 0.6 is 0 Å². The molecular formula is C67H158. The molecule has 0 aliphatic heterocycles. The Morgan fingerprint density at radius 3 is 0.657 bits per heavy atom. The highest BCUT2D eigenvalue weighted by Gasteiger charge is 2.07. The van der Waals surface area contributed by atoms with E-state index in [1.54, 1.807) is 0 Å². The number of rotatable bonds is 12. The molecule has 0 aromatic heterocycles. The second-order valence-electron chi connectivity index (χ2n) is 25.4. The van der Waals surface area contributed by atoms with Gasteiger partial charge in [-0.15, -0.1) is 0 Å². The number of hydrogen-bond donors (Lipinski definition) is 0. The lowest BCUT2D eigenvalue weighted by Crippen LogP contribution is -2.00. The van der Waals surface area contributed by atoms with Crippen LogP contribution < -0.4 is 0 Å². The predicted octanol–water partition coefficient (Wildman–Crippen LogP) is 27.6. The van der Waals surface area contributed by atoms with E-state index in [1.807, 2.05) is 13.8 Å². The van der Waals surface area contributed by atoms with Crippen LogP contribution in [0.25, 0.3) is 0 Å². The molecule has 0 nitrogen and oxygen atoms in total. The van der Waals surface area contributed by atoms with Crippen molar-refractivity contribution in [1.82, 2.24) is 0 Å². The second kappa shape index (κ2) is 80.1. The van der Waals surface area contributed by atoms with E-state index in [9.17, 15) is 0 Å². The Morgan fingerprint density at radius 2 is 0.612 bits per heavy atom. The highest BCUT2D eigenvalue weighted by molar-refractivity contribution is 4.61. The Labute approximate surface area is 440 Å². The van der Waals surface area contributed by atoms with Crippen molar-refractivity contribution in [2.75, 3.05) is 0 Å². The fraction of sp³-hybridized carbons (Fsp3) is 1.00. The van der Waals surface area contributed by atoms with Crippen molar-refractivity contribution in [3.05, 3.63) is 0 Å². The Morgan fingerprint density at radius 1 is 0.373 bits per heavy atom. The van der Waals surface area contributed by atoms with E-state index in [4.69, 9.17) is 0 Å². The van der Waals surface area contributed by atoms with Gasteiger partial charge in [0.05, 0.1) is 0 Å². The molecule has 1 rings (SSSR count). The zero-order chi connectivity index (χ0) is 56.7. The van der Waals surface area contributed by atoms with Gasteiger partial charge in [0.1, 0.15) is 0 Å². The van der Waals surface area contributed by atoms with Gasteiger partial charge in [-0.1, -0.05) is 385 Å². The van der Waals surface area contributed by atoms with Crippen molar-refractivity contribution in [2.45, 2.75) is 385 Å². The third-order valence-electron chi connectivity index (χ3n) is 9.95. The lowest BCUT2D eigenvalue weighted by Gasteiger charge is -2.12. The maximum absolute atomic E-state index is 2.34. The van der Waals surface area contributed by atoms with E-state index in [0.29, 0.717) is 16.2 Å². The summed E-state index contributed by atoms with van der Waals surface area (Å²) in [4.78, 5) is 0. The summed E-state index contributed by atoms with van der Waals surface area (Å²) in [7, 11) is 0. The smallest absolute Gasteiger partial charge is 0.0385 e. The summed E-state index contributed by atoms with van der Waals surface area (Å²) in [5.41, 5.74) is 1.58. The lowest BCUT2D eigenvalue weighted by atomic mass is 9.94. The van der Waals surface area contributed by atoms with Crippen LogP contribution in [0.4, 0.5) is 0 Å². The molecule has 67 heavy (non-hydrogen) atoms. The van der Waals surface area contributed by atoms with Gasteiger partial charge >= 0.3 is 0 Å². The highest BCUT2D eigenvalue weighted by atomic mass is 14.1.